The summed E-state index contributed by atoms with van der Waals surface area (Å²) >= 11 is 0. The molecule has 4 aliphatic rings. The summed E-state index contributed by atoms with van der Waals surface area (Å²) in [5.74, 6) is 0.819. The first-order valence-electron chi connectivity index (χ1n) is 12.0. The monoisotopic (exact) mass is 425 g/mol. The first-order valence-corrected chi connectivity index (χ1v) is 12.0. The molecule has 3 fully saturated rings. The Labute approximate surface area is 185 Å². The molecule has 1 aromatic rings. The Kier molecular flexibility index (Phi) is 5.33. The van der Waals surface area contributed by atoms with E-state index in [0.717, 1.165) is 19.4 Å². The molecule has 1 saturated carbocycles. The quantitative estimate of drug-likeness (QED) is 0.595. The lowest BCUT2D eigenvalue weighted by atomic mass is 9.52. The molecule has 168 valence electrons. The number of fused-ring (bicyclic) bond motifs is 1. The second-order valence-electron chi connectivity index (χ2n) is 10.2. The number of carbonyl (C=O) groups is 2. The number of benzene rings is 1. The summed E-state index contributed by atoms with van der Waals surface area (Å²) in [6.45, 7) is 3.38. The summed E-state index contributed by atoms with van der Waals surface area (Å²) in [5, 5.41) is 0. The number of piperidine rings is 1. The molecule has 1 aromatic carbocycles. The Morgan fingerprint density at radius 3 is 2.81 bits per heavy atom. The number of nitrogens with two attached hydrogens (primary N) is 1. The third-order valence-electron chi connectivity index (χ3n) is 8.50. The molecule has 1 amide bonds. The highest BCUT2D eigenvalue weighted by Crippen LogP contribution is 2.55. The number of nitrogens with zero attached hydrogens (tertiary/aromatic N) is 2. The molecule has 2 N–H and O–H groups in total. The van der Waals surface area contributed by atoms with E-state index in [-0.39, 0.29) is 17.3 Å². The predicted octanol–water partition coefficient (Wildman–Crippen LogP) is 2.62. The number of amides is 1. The van der Waals surface area contributed by atoms with E-state index in [9.17, 15) is 9.59 Å². The van der Waals surface area contributed by atoms with Crippen molar-refractivity contribution in [2.45, 2.75) is 81.8 Å². The highest BCUT2D eigenvalue weighted by Gasteiger charge is 2.53. The van der Waals surface area contributed by atoms with Crippen molar-refractivity contribution in [2.24, 2.45) is 11.7 Å². The molecule has 2 unspecified atom stereocenters. The van der Waals surface area contributed by atoms with Gasteiger partial charge in [0.05, 0.1) is 6.04 Å². The molecular formula is C25H35N3O3. The van der Waals surface area contributed by atoms with Gasteiger partial charge < -0.3 is 20.3 Å². The van der Waals surface area contributed by atoms with Crippen LogP contribution in [0.15, 0.2) is 18.2 Å². The molecule has 6 nitrogen and oxygen atoms in total. The number of esters is 1. The molecule has 2 bridgehead atoms. The van der Waals surface area contributed by atoms with Gasteiger partial charge >= 0.3 is 5.97 Å². The van der Waals surface area contributed by atoms with Gasteiger partial charge in [0.1, 0.15) is 11.8 Å². The number of likely N-dealkylation sites (tertiary alicyclic amines) is 2. The van der Waals surface area contributed by atoms with Crippen molar-refractivity contribution in [3.63, 3.8) is 0 Å². The van der Waals surface area contributed by atoms with Gasteiger partial charge in [0.25, 0.3) is 0 Å². The lowest BCUT2D eigenvalue weighted by molar-refractivity contribution is -0.146. The van der Waals surface area contributed by atoms with Gasteiger partial charge in [-0.25, -0.2) is 4.79 Å². The van der Waals surface area contributed by atoms with Crippen LogP contribution in [0.1, 0.15) is 63.0 Å². The average molecular weight is 426 g/mol. The third kappa shape index (κ3) is 3.39. The first kappa shape index (κ1) is 21.0. The first-order chi connectivity index (χ1) is 14.9. The number of carbonyl (C=O) groups excluding carboxylic acids is 2. The summed E-state index contributed by atoms with van der Waals surface area (Å²) in [6.07, 6.45) is 8.88. The summed E-state index contributed by atoms with van der Waals surface area (Å²) in [4.78, 5) is 29.6. The van der Waals surface area contributed by atoms with E-state index in [1.54, 1.807) is 11.8 Å². The summed E-state index contributed by atoms with van der Waals surface area (Å²) in [6, 6.07) is 5.78. The van der Waals surface area contributed by atoms with Gasteiger partial charge in [-0.1, -0.05) is 18.9 Å². The standard InChI is InChI=1S/C25H35N3O3/c1-16(26)23(29)28-12-5-7-21(28)24(30)31-18-9-8-17-14-22-19-6-3-4-10-25(19,20(17)15-18)11-13-27(22)2/h8-9,15-16,19,21-22H,3-7,10-14,26H2,1-2H3/t16?,19-,21?,22+,25+/m0/s1. The Morgan fingerprint density at radius 2 is 2.00 bits per heavy atom. The van der Waals surface area contributed by atoms with Crippen LogP contribution in [0.2, 0.25) is 0 Å². The Hall–Kier alpha value is -1.92. The molecule has 5 rings (SSSR count). The summed E-state index contributed by atoms with van der Waals surface area (Å²) < 4.78 is 5.88. The van der Waals surface area contributed by atoms with Gasteiger partial charge in [-0.2, -0.15) is 0 Å². The van der Waals surface area contributed by atoms with Crippen molar-refractivity contribution in [3.05, 3.63) is 29.3 Å². The zero-order valence-corrected chi connectivity index (χ0v) is 18.8. The van der Waals surface area contributed by atoms with E-state index in [1.807, 2.05) is 6.07 Å². The van der Waals surface area contributed by atoms with Gasteiger partial charge in [-0.3, -0.25) is 4.79 Å². The fourth-order valence-corrected chi connectivity index (χ4v) is 6.96. The van der Waals surface area contributed by atoms with E-state index in [4.69, 9.17) is 10.5 Å². The lowest BCUT2D eigenvalue weighted by Gasteiger charge is -2.58. The zero-order valence-electron chi connectivity index (χ0n) is 18.8. The number of ether oxygens (including phenoxy) is 1. The highest BCUT2D eigenvalue weighted by molar-refractivity contribution is 5.88. The predicted molar refractivity (Wildman–Crippen MR) is 119 cm³/mol. The second kappa shape index (κ2) is 7.89. The third-order valence-corrected chi connectivity index (χ3v) is 8.50. The van der Waals surface area contributed by atoms with E-state index >= 15 is 0 Å². The Balaban J connectivity index is 1.41. The van der Waals surface area contributed by atoms with Crippen molar-refractivity contribution in [3.8, 4) is 5.75 Å². The smallest absolute Gasteiger partial charge is 0.334 e. The van der Waals surface area contributed by atoms with Crippen LogP contribution < -0.4 is 10.5 Å². The second-order valence-corrected chi connectivity index (χ2v) is 10.2. The lowest BCUT2D eigenvalue weighted by Crippen LogP contribution is -2.59. The van der Waals surface area contributed by atoms with Crippen LogP contribution in [-0.4, -0.2) is 59.9 Å². The normalized spacial score (nSPS) is 33.4. The zero-order chi connectivity index (χ0) is 21.8. The molecule has 2 aliphatic heterocycles. The van der Waals surface area contributed by atoms with Crippen molar-refractivity contribution < 1.29 is 14.3 Å². The molecule has 2 saturated heterocycles. The van der Waals surface area contributed by atoms with Crippen LogP contribution in [-0.2, 0) is 21.4 Å². The van der Waals surface area contributed by atoms with Crippen LogP contribution in [0.25, 0.3) is 0 Å². The van der Waals surface area contributed by atoms with Crippen molar-refractivity contribution in [1.82, 2.24) is 9.80 Å². The number of rotatable bonds is 3. The van der Waals surface area contributed by atoms with Crippen LogP contribution in [0.4, 0.5) is 0 Å². The molecular weight excluding hydrogens is 390 g/mol. The topological polar surface area (TPSA) is 75.9 Å². The van der Waals surface area contributed by atoms with Gasteiger partial charge in [-0.05, 0) is 88.2 Å². The van der Waals surface area contributed by atoms with Crippen LogP contribution in [0, 0.1) is 5.92 Å². The number of likely N-dealkylation sites (N-methyl/N-ethyl adjacent to an activating group) is 1. The van der Waals surface area contributed by atoms with Gasteiger partial charge in [0, 0.05) is 18.0 Å². The molecule has 31 heavy (non-hydrogen) atoms. The maximum Gasteiger partial charge on any atom is 0.334 e. The van der Waals surface area contributed by atoms with Gasteiger partial charge in [0.2, 0.25) is 5.91 Å². The molecule has 0 aromatic heterocycles. The summed E-state index contributed by atoms with van der Waals surface area (Å²) in [7, 11) is 2.28. The minimum Gasteiger partial charge on any atom is -0.425 e. The minimum absolute atomic E-state index is 0.175. The molecule has 2 aliphatic carbocycles. The van der Waals surface area contributed by atoms with Crippen molar-refractivity contribution >= 4 is 11.9 Å². The molecule has 0 radical (unpaired) electrons. The molecule has 6 heteroatoms. The van der Waals surface area contributed by atoms with Crippen molar-refractivity contribution in [1.29, 1.82) is 0 Å². The minimum atomic E-state index is -0.600. The maximum atomic E-state index is 13.0. The average Bonchev–Trinajstić information content (AvgIpc) is 3.26. The van der Waals surface area contributed by atoms with Crippen LogP contribution >= 0.6 is 0 Å². The van der Waals surface area contributed by atoms with Crippen LogP contribution in [0.3, 0.4) is 0 Å². The van der Waals surface area contributed by atoms with Gasteiger partial charge in [0.15, 0.2) is 0 Å². The van der Waals surface area contributed by atoms with E-state index in [2.05, 4.69) is 24.1 Å². The highest BCUT2D eigenvalue weighted by atomic mass is 16.5. The fourth-order valence-electron chi connectivity index (χ4n) is 6.96. The van der Waals surface area contributed by atoms with Crippen molar-refractivity contribution in [2.75, 3.05) is 20.1 Å². The fraction of sp³-hybridized carbons (Fsp3) is 0.680. The Morgan fingerprint density at radius 1 is 1.16 bits per heavy atom. The largest absolute Gasteiger partial charge is 0.425 e. The van der Waals surface area contributed by atoms with E-state index in [0.29, 0.717) is 30.7 Å². The molecule has 0 spiro atoms. The SMILES string of the molecule is CC(N)C(=O)N1CCCC1C(=O)Oc1ccc2c(c1)[C@@]13CCCC[C@H]1[C@@H](C2)N(C)CC3. The Bertz CT molecular complexity index is 885. The molecule has 5 atom stereocenters. The van der Waals surface area contributed by atoms with E-state index in [1.165, 1.54) is 43.2 Å². The number of hydrogen-bond acceptors (Lipinski definition) is 5. The maximum absolute atomic E-state index is 13.0. The van der Waals surface area contributed by atoms with Gasteiger partial charge in [-0.15, -0.1) is 0 Å². The molecule has 2 heterocycles. The van der Waals surface area contributed by atoms with E-state index < -0.39 is 12.1 Å². The number of hydrogen-bond donors (Lipinski definition) is 1. The van der Waals surface area contributed by atoms with Crippen LogP contribution in [0.5, 0.6) is 5.75 Å². The summed E-state index contributed by atoms with van der Waals surface area (Å²) in [5.41, 5.74) is 8.85.